The first-order chi connectivity index (χ1) is 13.6. The smallest absolute Gasteiger partial charge is 0.275 e. The molecule has 0 saturated heterocycles. The van der Waals surface area contributed by atoms with E-state index in [1.165, 1.54) is 5.56 Å². The predicted octanol–water partition coefficient (Wildman–Crippen LogP) is 3.17. The minimum absolute atomic E-state index is 0.0330. The molecule has 140 valence electrons. The molecule has 0 fully saturated rings. The van der Waals surface area contributed by atoms with Gasteiger partial charge in [-0.15, -0.1) is 0 Å². The molecule has 3 heterocycles. The SMILES string of the molecule is Cn1nc2c(c1-c1ccccc1)CCN(C(=O)c1nn(C)c3ccccc13)C2. The van der Waals surface area contributed by atoms with Crippen LogP contribution >= 0.6 is 0 Å². The van der Waals surface area contributed by atoms with E-state index in [4.69, 9.17) is 5.10 Å². The molecule has 2 aromatic heterocycles. The Bertz CT molecular complexity index is 1190. The highest BCUT2D eigenvalue weighted by Gasteiger charge is 2.29. The van der Waals surface area contributed by atoms with E-state index >= 15 is 0 Å². The van der Waals surface area contributed by atoms with Crippen molar-refractivity contribution >= 4 is 16.8 Å². The predicted molar refractivity (Wildman–Crippen MR) is 108 cm³/mol. The first-order valence-corrected chi connectivity index (χ1v) is 9.44. The second-order valence-corrected chi connectivity index (χ2v) is 7.23. The maximum Gasteiger partial charge on any atom is 0.275 e. The van der Waals surface area contributed by atoms with Crippen LogP contribution in [0.3, 0.4) is 0 Å². The van der Waals surface area contributed by atoms with E-state index in [0.717, 1.165) is 34.3 Å². The highest BCUT2D eigenvalue weighted by atomic mass is 16.2. The molecule has 0 unspecified atom stereocenters. The third-order valence-electron chi connectivity index (χ3n) is 5.50. The number of rotatable bonds is 2. The van der Waals surface area contributed by atoms with Crippen LogP contribution in [0.5, 0.6) is 0 Å². The van der Waals surface area contributed by atoms with E-state index in [1.54, 1.807) is 4.68 Å². The molecule has 1 amide bonds. The molecule has 0 atom stereocenters. The van der Waals surface area contributed by atoms with Crippen LogP contribution in [0.15, 0.2) is 54.6 Å². The molecule has 6 heteroatoms. The number of amides is 1. The molecule has 0 bridgehead atoms. The lowest BCUT2D eigenvalue weighted by Crippen LogP contribution is -2.36. The van der Waals surface area contributed by atoms with Gasteiger partial charge in [0, 0.05) is 37.2 Å². The fourth-order valence-corrected chi connectivity index (χ4v) is 4.17. The number of benzene rings is 2. The third kappa shape index (κ3) is 2.52. The summed E-state index contributed by atoms with van der Waals surface area (Å²) in [5.41, 5.74) is 6.00. The summed E-state index contributed by atoms with van der Waals surface area (Å²) in [6.07, 6.45) is 0.796. The lowest BCUT2D eigenvalue weighted by atomic mass is 9.99. The molecule has 0 N–H and O–H groups in total. The Morgan fingerprint density at radius 3 is 2.50 bits per heavy atom. The average molecular weight is 371 g/mol. The number of fused-ring (bicyclic) bond motifs is 2. The van der Waals surface area contributed by atoms with Crippen molar-refractivity contribution in [1.82, 2.24) is 24.5 Å². The van der Waals surface area contributed by atoms with Gasteiger partial charge in [-0.1, -0.05) is 48.5 Å². The van der Waals surface area contributed by atoms with Gasteiger partial charge in [-0.3, -0.25) is 14.2 Å². The van der Waals surface area contributed by atoms with Crippen LogP contribution in [0.1, 0.15) is 21.7 Å². The van der Waals surface area contributed by atoms with Crippen molar-refractivity contribution in [1.29, 1.82) is 0 Å². The summed E-state index contributed by atoms with van der Waals surface area (Å²) < 4.78 is 3.70. The maximum atomic E-state index is 13.2. The number of aromatic nitrogens is 4. The standard InChI is InChI=1S/C22H21N5O/c1-25-19-11-7-6-10-17(19)20(24-25)22(28)27-13-12-16-18(14-27)23-26(2)21(16)15-8-4-3-5-9-15/h3-11H,12-14H2,1-2H3. The molecule has 0 saturated carbocycles. The highest BCUT2D eigenvalue weighted by Crippen LogP contribution is 2.30. The van der Waals surface area contributed by atoms with Gasteiger partial charge in [-0.2, -0.15) is 10.2 Å². The summed E-state index contributed by atoms with van der Waals surface area (Å²) in [5.74, 6) is -0.0330. The third-order valence-corrected chi connectivity index (χ3v) is 5.50. The molecule has 2 aromatic carbocycles. The summed E-state index contributed by atoms with van der Waals surface area (Å²) in [7, 11) is 3.84. The molecular formula is C22H21N5O. The van der Waals surface area contributed by atoms with Gasteiger partial charge in [-0.05, 0) is 12.5 Å². The van der Waals surface area contributed by atoms with Crippen LogP contribution in [0.2, 0.25) is 0 Å². The fourth-order valence-electron chi connectivity index (χ4n) is 4.17. The van der Waals surface area contributed by atoms with Gasteiger partial charge in [0.1, 0.15) is 0 Å². The van der Waals surface area contributed by atoms with Crippen molar-refractivity contribution < 1.29 is 4.79 Å². The van der Waals surface area contributed by atoms with Crippen LogP contribution < -0.4 is 0 Å². The summed E-state index contributed by atoms with van der Waals surface area (Å²) in [4.78, 5) is 15.1. The summed E-state index contributed by atoms with van der Waals surface area (Å²) in [6.45, 7) is 1.18. The number of para-hydroxylation sites is 1. The normalized spacial score (nSPS) is 13.7. The zero-order valence-electron chi connectivity index (χ0n) is 16.0. The van der Waals surface area contributed by atoms with E-state index in [0.29, 0.717) is 18.8 Å². The minimum atomic E-state index is -0.0330. The highest BCUT2D eigenvalue weighted by molar-refractivity contribution is 6.04. The van der Waals surface area contributed by atoms with Crippen molar-refractivity contribution in [3.05, 3.63) is 71.5 Å². The zero-order chi connectivity index (χ0) is 19.3. The topological polar surface area (TPSA) is 56.0 Å². The Labute approximate surface area is 163 Å². The van der Waals surface area contributed by atoms with Crippen molar-refractivity contribution in [3.63, 3.8) is 0 Å². The van der Waals surface area contributed by atoms with E-state index < -0.39 is 0 Å². The zero-order valence-corrected chi connectivity index (χ0v) is 16.0. The van der Waals surface area contributed by atoms with Gasteiger partial charge in [0.05, 0.1) is 23.4 Å². The van der Waals surface area contributed by atoms with Crippen LogP contribution in [-0.2, 0) is 27.1 Å². The molecule has 4 aromatic rings. The first-order valence-electron chi connectivity index (χ1n) is 9.44. The molecule has 0 aliphatic carbocycles. The second-order valence-electron chi connectivity index (χ2n) is 7.23. The number of hydrogen-bond donors (Lipinski definition) is 0. The molecule has 1 aliphatic rings. The Morgan fingerprint density at radius 1 is 0.929 bits per heavy atom. The van der Waals surface area contributed by atoms with Gasteiger partial charge in [0.2, 0.25) is 0 Å². The number of carbonyl (C=O) groups excluding carboxylic acids is 1. The molecule has 6 nitrogen and oxygen atoms in total. The van der Waals surface area contributed by atoms with Crippen LogP contribution in [0, 0.1) is 0 Å². The van der Waals surface area contributed by atoms with Crippen molar-refractivity contribution in [2.24, 2.45) is 14.1 Å². The number of nitrogens with zero attached hydrogens (tertiary/aromatic N) is 5. The van der Waals surface area contributed by atoms with Crippen LogP contribution in [-0.4, -0.2) is 36.9 Å². The molecule has 0 radical (unpaired) electrons. The molecular weight excluding hydrogens is 350 g/mol. The van der Waals surface area contributed by atoms with Crippen LogP contribution in [0.4, 0.5) is 0 Å². The Kier molecular flexibility index (Phi) is 3.79. The summed E-state index contributed by atoms with van der Waals surface area (Å²) >= 11 is 0. The number of aryl methyl sites for hydroxylation is 2. The summed E-state index contributed by atoms with van der Waals surface area (Å²) in [6, 6.07) is 18.2. The van der Waals surface area contributed by atoms with Crippen LogP contribution in [0.25, 0.3) is 22.2 Å². The Balaban J connectivity index is 1.49. The van der Waals surface area contributed by atoms with Gasteiger partial charge in [0.15, 0.2) is 5.69 Å². The molecule has 0 spiro atoms. The number of carbonyl (C=O) groups is 1. The second kappa shape index (κ2) is 6.34. The monoisotopic (exact) mass is 371 g/mol. The molecule has 28 heavy (non-hydrogen) atoms. The van der Waals surface area contributed by atoms with Gasteiger partial charge in [-0.25, -0.2) is 0 Å². The Morgan fingerprint density at radius 2 is 1.68 bits per heavy atom. The first kappa shape index (κ1) is 16.7. The van der Waals surface area contributed by atoms with E-state index in [2.05, 4.69) is 17.2 Å². The quantitative estimate of drug-likeness (QED) is 0.544. The van der Waals surface area contributed by atoms with Crippen molar-refractivity contribution in [2.75, 3.05) is 6.54 Å². The van der Waals surface area contributed by atoms with E-state index in [1.807, 2.05) is 66.1 Å². The fraction of sp³-hybridized carbons (Fsp3) is 0.227. The lowest BCUT2D eigenvalue weighted by Gasteiger charge is -2.26. The van der Waals surface area contributed by atoms with Crippen molar-refractivity contribution in [2.45, 2.75) is 13.0 Å². The van der Waals surface area contributed by atoms with Gasteiger partial charge in [0.25, 0.3) is 5.91 Å². The average Bonchev–Trinajstić information content (AvgIpc) is 3.24. The van der Waals surface area contributed by atoms with E-state index in [-0.39, 0.29) is 5.91 Å². The van der Waals surface area contributed by atoms with Gasteiger partial charge < -0.3 is 4.90 Å². The number of hydrogen-bond acceptors (Lipinski definition) is 3. The molecule has 1 aliphatic heterocycles. The van der Waals surface area contributed by atoms with Gasteiger partial charge >= 0.3 is 0 Å². The van der Waals surface area contributed by atoms with Crippen molar-refractivity contribution in [3.8, 4) is 11.3 Å². The largest absolute Gasteiger partial charge is 0.331 e. The lowest BCUT2D eigenvalue weighted by molar-refractivity contribution is 0.0727. The minimum Gasteiger partial charge on any atom is -0.331 e. The Hall–Kier alpha value is -3.41. The summed E-state index contributed by atoms with van der Waals surface area (Å²) in [5, 5.41) is 10.1. The maximum absolute atomic E-state index is 13.2. The van der Waals surface area contributed by atoms with E-state index in [9.17, 15) is 4.79 Å². The molecule has 5 rings (SSSR count).